The number of aliphatic hydroxyl groups is 1. The Balaban J connectivity index is 2.18. The molecule has 1 saturated heterocycles. The second-order valence-electron chi connectivity index (χ2n) is 4.56. The van der Waals surface area contributed by atoms with Crippen molar-refractivity contribution in [3.8, 4) is 0 Å². The number of ether oxygens (including phenoxy) is 1. The van der Waals surface area contributed by atoms with E-state index in [0.29, 0.717) is 5.02 Å². The van der Waals surface area contributed by atoms with Gasteiger partial charge in [-0.25, -0.2) is 0 Å². The smallest absolute Gasteiger partial charge is 0.0750 e. The molecule has 4 heteroatoms. The summed E-state index contributed by atoms with van der Waals surface area (Å²) in [5.41, 5.74) is 1.85. The highest BCUT2D eigenvalue weighted by molar-refractivity contribution is 6.31. The van der Waals surface area contributed by atoms with Crippen molar-refractivity contribution in [3.05, 3.63) is 28.8 Å². The fraction of sp³-hybridized carbons (Fsp3) is 0.571. The lowest BCUT2D eigenvalue weighted by molar-refractivity contribution is 0.0526. The summed E-state index contributed by atoms with van der Waals surface area (Å²) in [5, 5.41) is 10.1. The molecule has 0 saturated carbocycles. The van der Waals surface area contributed by atoms with Gasteiger partial charge in [-0.1, -0.05) is 17.7 Å². The van der Waals surface area contributed by atoms with E-state index >= 15 is 0 Å². The molecule has 1 unspecified atom stereocenters. The number of rotatable bonds is 4. The third-order valence-corrected chi connectivity index (χ3v) is 3.73. The molecule has 3 nitrogen and oxygen atoms in total. The highest BCUT2D eigenvalue weighted by atomic mass is 35.5. The van der Waals surface area contributed by atoms with Crippen molar-refractivity contribution in [2.75, 3.05) is 24.6 Å². The Morgan fingerprint density at radius 1 is 1.50 bits per heavy atom. The first kappa shape index (κ1) is 13.7. The first-order chi connectivity index (χ1) is 8.76. The van der Waals surface area contributed by atoms with Crippen molar-refractivity contribution in [1.29, 1.82) is 0 Å². The summed E-state index contributed by atoms with van der Waals surface area (Å²) in [7, 11) is 0. The van der Waals surface area contributed by atoms with E-state index in [4.69, 9.17) is 16.3 Å². The van der Waals surface area contributed by atoms with Crippen LogP contribution in [0.4, 0.5) is 5.69 Å². The van der Waals surface area contributed by atoms with Crippen LogP contribution in [0.25, 0.3) is 0 Å². The summed E-state index contributed by atoms with van der Waals surface area (Å²) >= 11 is 6.13. The van der Waals surface area contributed by atoms with Gasteiger partial charge >= 0.3 is 0 Å². The summed E-state index contributed by atoms with van der Waals surface area (Å²) in [6.07, 6.45) is 2.51. The van der Waals surface area contributed by atoms with E-state index in [9.17, 15) is 5.11 Å². The minimum absolute atomic E-state index is 0.0230. The molecular weight excluding hydrogens is 250 g/mol. The van der Waals surface area contributed by atoms with Crippen molar-refractivity contribution in [2.45, 2.75) is 32.5 Å². The van der Waals surface area contributed by atoms with Gasteiger partial charge in [0.25, 0.3) is 0 Å². The van der Waals surface area contributed by atoms with E-state index in [1.165, 1.54) is 0 Å². The molecule has 1 aliphatic heterocycles. The molecule has 0 aliphatic carbocycles. The molecule has 0 bridgehead atoms. The monoisotopic (exact) mass is 269 g/mol. The van der Waals surface area contributed by atoms with Crippen molar-refractivity contribution in [2.24, 2.45) is 0 Å². The number of anilines is 1. The number of hydrogen-bond donors (Lipinski definition) is 1. The molecule has 0 aromatic heterocycles. The highest BCUT2D eigenvalue weighted by Gasteiger charge is 2.22. The van der Waals surface area contributed by atoms with E-state index in [1.807, 2.05) is 25.1 Å². The average molecular weight is 270 g/mol. The van der Waals surface area contributed by atoms with E-state index in [1.54, 1.807) is 0 Å². The Bertz CT molecular complexity index is 395. The number of piperidine rings is 1. The van der Waals surface area contributed by atoms with Crippen LogP contribution in [0, 0.1) is 0 Å². The summed E-state index contributed by atoms with van der Waals surface area (Å²) in [6.45, 7) is 4.63. The molecule has 2 rings (SSSR count). The standard InChI is InChI=1S/C14H20ClNO2/c1-2-18-11-5-4-8-16(9-11)14-7-3-6-13(15)12(14)10-17/h3,6-7,11,17H,2,4-5,8-10H2,1H3. The van der Waals surface area contributed by atoms with Crippen LogP contribution in [0.5, 0.6) is 0 Å². The van der Waals surface area contributed by atoms with Gasteiger partial charge < -0.3 is 14.7 Å². The van der Waals surface area contributed by atoms with Gasteiger partial charge in [0, 0.05) is 36.0 Å². The maximum absolute atomic E-state index is 9.46. The minimum atomic E-state index is -0.0230. The maximum Gasteiger partial charge on any atom is 0.0750 e. The van der Waals surface area contributed by atoms with Gasteiger partial charge in [-0.05, 0) is 31.9 Å². The molecule has 0 amide bonds. The average Bonchev–Trinajstić information content (AvgIpc) is 2.39. The van der Waals surface area contributed by atoms with Crippen molar-refractivity contribution < 1.29 is 9.84 Å². The van der Waals surface area contributed by atoms with Crippen LogP contribution < -0.4 is 4.90 Å². The van der Waals surface area contributed by atoms with Gasteiger partial charge in [0.15, 0.2) is 0 Å². The summed E-state index contributed by atoms with van der Waals surface area (Å²) in [6, 6.07) is 5.77. The molecular formula is C14H20ClNO2. The molecule has 1 atom stereocenters. The minimum Gasteiger partial charge on any atom is -0.392 e. The SMILES string of the molecule is CCOC1CCCN(c2cccc(Cl)c2CO)C1. The molecule has 1 aromatic rings. The van der Waals surface area contributed by atoms with Crippen LogP contribution in [-0.4, -0.2) is 30.9 Å². The predicted octanol–water partition coefficient (Wildman–Crippen LogP) is 2.84. The molecule has 1 N–H and O–H groups in total. The molecule has 18 heavy (non-hydrogen) atoms. The van der Waals surface area contributed by atoms with Crippen molar-refractivity contribution >= 4 is 17.3 Å². The zero-order valence-electron chi connectivity index (χ0n) is 10.7. The molecule has 1 fully saturated rings. The lowest BCUT2D eigenvalue weighted by Crippen LogP contribution is -2.40. The molecule has 1 aromatic carbocycles. The van der Waals surface area contributed by atoms with Crippen molar-refractivity contribution in [1.82, 2.24) is 0 Å². The summed E-state index contributed by atoms with van der Waals surface area (Å²) in [5.74, 6) is 0. The predicted molar refractivity (Wildman–Crippen MR) is 74.2 cm³/mol. The van der Waals surface area contributed by atoms with Gasteiger partial charge in [0.2, 0.25) is 0 Å². The van der Waals surface area contributed by atoms with Gasteiger partial charge in [-0.15, -0.1) is 0 Å². The van der Waals surface area contributed by atoms with Crippen molar-refractivity contribution in [3.63, 3.8) is 0 Å². The van der Waals surface area contributed by atoms with E-state index in [0.717, 1.165) is 43.8 Å². The normalized spacial score (nSPS) is 20.2. The Labute approximate surface area is 113 Å². The van der Waals surface area contributed by atoms with Crippen LogP contribution >= 0.6 is 11.6 Å². The van der Waals surface area contributed by atoms with Crippen LogP contribution in [-0.2, 0) is 11.3 Å². The lowest BCUT2D eigenvalue weighted by Gasteiger charge is -2.35. The second-order valence-corrected chi connectivity index (χ2v) is 4.97. The Kier molecular flexibility index (Phi) is 4.87. The number of nitrogens with zero attached hydrogens (tertiary/aromatic N) is 1. The maximum atomic E-state index is 9.46. The molecule has 0 spiro atoms. The van der Waals surface area contributed by atoms with Gasteiger partial charge in [-0.2, -0.15) is 0 Å². The quantitative estimate of drug-likeness (QED) is 0.912. The molecule has 100 valence electrons. The van der Waals surface area contributed by atoms with Gasteiger partial charge in [0.05, 0.1) is 12.7 Å². The molecule has 1 aliphatic rings. The number of hydrogen-bond acceptors (Lipinski definition) is 3. The summed E-state index contributed by atoms with van der Waals surface area (Å²) < 4.78 is 5.70. The second kappa shape index (κ2) is 6.41. The number of aliphatic hydroxyl groups excluding tert-OH is 1. The third-order valence-electron chi connectivity index (χ3n) is 3.37. The van der Waals surface area contributed by atoms with E-state index < -0.39 is 0 Å². The molecule has 1 heterocycles. The molecule has 0 radical (unpaired) electrons. The summed E-state index contributed by atoms with van der Waals surface area (Å²) in [4.78, 5) is 2.27. The highest BCUT2D eigenvalue weighted by Crippen LogP contribution is 2.30. The number of benzene rings is 1. The van der Waals surface area contributed by atoms with Gasteiger partial charge in [0.1, 0.15) is 0 Å². The van der Waals surface area contributed by atoms with Crippen LogP contribution in [0.3, 0.4) is 0 Å². The fourth-order valence-corrected chi connectivity index (χ4v) is 2.76. The zero-order valence-corrected chi connectivity index (χ0v) is 11.5. The fourth-order valence-electron chi connectivity index (χ4n) is 2.53. The van der Waals surface area contributed by atoms with Gasteiger partial charge in [-0.3, -0.25) is 0 Å². The Morgan fingerprint density at radius 3 is 3.06 bits per heavy atom. The number of halogens is 1. The van der Waals surface area contributed by atoms with Crippen LogP contribution in [0.15, 0.2) is 18.2 Å². The van der Waals surface area contributed by atoms with Crippen LogP contribution in [0.1, 0.15) is 25.3 Å². The van der Waals surface area contributed by atoms with E-state index in [-0.39, 0.29) is 12.7 Å². The largest absolute Gasteiger partial charge is 0.392 e. The third kappa shape index (κ3) is 2.97. The lowest BCUT2D eigenvalue weighted by atomic mass is 10.1. The Morgan fingerprint density at radius 2 is 2.33 bits per heavy atom. The van der Waals surface area contributed by atoms with Crippen LogP contribution in [0.2, 0.25) is 5.02 Å². The zero-order chi connectivity index (χ0) is 13.0. The first-order valence-electron chi connectivity index (χ1n) is 6.51. The Hall–Kier alpha value is -0.770. The van der Waals surface area contributed by atoms with E-state index in [2.05, 4.69) is 4.90 Å². The first-order valence-corrected chi connectivity index (χ1v) is 6.88. The topological polar surface area (TPSA) is 32.7 Å².